The van der Waals surface area contributed by atoms with E-state index >= 15 is 0 Å². The summed E-state index contributed by atoms with van der Waals surface area (Å²) in [6.45, 7) is 1.37. The molecule has 2 amide bonds. The summed E-state index contributed by atoms with van der Waals surface area (Å²) < 4.78 is 5.62. The van der Waals surface area contributed by atoms with Crippen LogP contribution in [0.1, 0.15) is 23.2 Å². The molecule has 1 saturated heterocycles. The van der Waals surface area contributed by atoms with E-state index in [1.807, 2.05) is 0 Å². The molecule has 11 nitrogen and oxygen atoms in total. The highest BCUT2D eigenvalue weighted by molar-refractivity contribution is 5.95. The summed E-state index contributed by atoms with van der Waals surface area (Å²) in [5.74, 6) is 5.21. The Kier molecular flexibility index (Phi) is 8.65. The van der Waals surface area contributed by atoms with Crippen LogP contribution >= 0.6 is 0 Å². The number of likely N-dealkylation sites (tertiary alicyclic amines) is 1. The Morgan fingerprint density at radius 2 is 2.06 bits per heavy atom. The zero-order valence-corrected chi connectivity index (χ0v) is 16.9. The number of carboxylic acid groups (broad SMARTS) is 1. The first-order valence-electron chi connectivity index (χ1n) is 9.63. The van der Waals surface area contributed by atoms with Crippen LogP contribution in [-0.2, 0) is 0 Å². The Labute approximate surface area is 179 Å². The Morgan fingerprint density at radius 1 is 1.35 bits per heavy atom. The molecule has 1 aromatic carbocycles. The summed E-state index contributed by atoms with van der Waals surface area (Å²) in [6.07, 6.45) is 3.72. The predicted molar refractivity (Wildman–Crippen MR) is 114 cm³/mol. The highest BCUT2D eigenvalue weighted by Crippen LogP contribution is 2.36. The predicted octanol–water partition coefficient (Wildman–Crippen LogP) is 1.39. The summed E-state index contributed by atoms with van der Waals surface area (Å²) in [4.78, 5) is 34.7. The van der Waals surface area contributed by atoms with Gasteiger partial charge in [-0.1, -0.05) is 24.0 Å². The summed E-state index contributed by atoms with van der Waals surface area (Å²) in [7, 11) is 0. The number of anilines is 1. The molecule has 0 aromatic heterocycles. The number of carbonyl (C=O) groups excluding carboxylic acids is 1. The van der Waals surface area contributed by atoms with Crippen molar-refractivity contribution >= 4 is 23.4 Å². The maximum absolute atomic E-state index is 11.6. The highest BCUT2D eigenvalue weighted by atomic mass is 16.6. The van der Waals surface area contributed by atoms with E-state index in [1.165, 1.54) is 11.0 Å². The molecule has 0 bridgehead atoms. The lowest BCUT2D eigenvalue weighted by molar-refractivity contribution is -0.384. The average Bonchev–Trinajstić information content (AvgIpc) is 2.74. The van der Waals surface area contributed by atoms with Gasteiger partial charge in [0, 0.05) is 43.7 Å². The summed E-state index contributed by atoms with van der Waals surface area (Å²) in [6, 6.07) is 2.42. The molecule has 11 heteroatoms. The molecular formula is C20H25N5O6. The summed E-state index contributed by atoms with van der Waals surface area (Å²) in [5.41, 5.74) is 10.4. The van der Waals surface area contributed by atoms with Crippen molar-refractivity contribution in [3.05, 3.63) is 40.0 Å². The minimum absolute atomic E-state index is 0.0458. The summed E-state index contributed by atoms with van der Waals surface area (Å²) >= 11 is 0. The van der Waals surface area contributed by atoms with Crippen molar-refractivity contribution in [3.8, 4) is 17.6 Å². The molecule has 1 aliphatic rings. The number of hydrogen-bond acceptors (Lipinski definition) is 7. The summed E-state index contributed by atoms with van der Waals surface area (Å²) in [5, 5.41) is 23.4. The standard InChI is InChI=1S/C20H25N5O6/c21-7-1-2-8-23-18-16(25(29)30)12-15(19(22)26)13-17(18)31-11-3-4-14-5-9-24(10-6-14)20(27)28/h1-2,12-14,23H,5-11,21H2,(H2,22,26)(H,27,28). The van der Waals surface area contributed by atoms with E-state index in [0.717, 1.165) is 6.07 Å². The molecule has 0 saturated carbocycles. The van der Waals surface area contributed by atoms with E-state index in [-0.39, 0.29) is 41.8 Å². The van der Waals surface area contributed by atoms with Gasteiger partial charge in [0.1, 0.15) is 6.61 Å². The van der Waals surface area contributed by atoms with Gasteiger partial charge in [-0.3, -0.25) is 14.9 Å². The van der Waals surface area contributed by atoms with Crippen molar-refractivity contribution in [3.63, 3.8) is 0 Å². The third-order valence-corrected chi connectivity index (χ3v) is 4.63. The number of benzene rings is 1. The Hall–Kier alpha value is -3.78. The lowest BCUT2D eigenvalue weighted by atomic mass is 9.98. The lowest BCUT2D eigenvalue weighted by Crippen LogP contribution is -2.37. The molecule has 0 spiro atoms. The van der Waals surface area contributed by atoms with Gasteiger partial charge in [-0.15, -0.1) is 0 Å². The molecule has 31 heavy (non-hydrogen) atoms. The van der Waals surface area contributed by atoms with E-state index in [4.69, 9.17) is 21.3 Å². The molecule has 1 heterocycles. The van der Waals surface area contributed by atoms with Gasteiger partial charge in [-0.2, -0.15) is 0 Å². The van der Waals surface area contributed by atoms with Crippen molar-refractivity contribution in [2.45, 2.75) is 12.8 Å². The second-order valence-corrected chi connectivity index (χ2v) is 6.73. The largest absolute Gasteiger partial charge is 0.478 e. The first-order valence-corrected chi connectivity index (χ1v) is 9.63. The van der Waals surface area contributed by atoms with Gasteiger partial charge >= 0.3 is 6.09 Å². The van der Waals surface area contributed by atoms with Crippen molar-refractivity contribution < 1.29 is 24.4 Å². The van der Waals surface area contributed by atoms with Crippen molar-refractivity contribution in [2.24, 2.45) is 17.4 Å². The molecule has 1 fully saturated rings. The first kappa shape index (κ1) is 23.5. The van der Waals surface area contributed by atoms with Gasteiger partial charge in [-0.25, -0.2) is 4.79 Å². The van der Waals surface area contributed by atoms with Crippen LogP contribution in [0.3, 0.4) is 0 Å². The van der Waals surface area contributed by atoms with Crippen molar-refractivity contribution in [1.29, 1.82) is 0 Å². The van der Waals surface area contributed by atoms with Gasteiger partial charge < -0.3 is 31.5 Å². The zero-order valence-electron chi connectivity index (χ0n) is 16.9. The monoisotopic (exact) mass is 431 g/mol. The minimum Gasteiger partial charge on any atom is -0.478 e. The maximum atomic E-state index is 11.6. The topological polar surface area (TPSA) is 174 Å². The fraction of sp³-hybridized carbons (Fsp3) is 0.400. The zero-order chi connectivity index (χ0) is 22.8. The van der Waals surface area contributed by atoms with Gasteiger partial charge in [0.25, 0.3) is 5.69 Å². The second-order valence-electron chi connectivity index (χ2n) is 6.73. The molecule has 0 unspecified atom stereocenters. The number of nitro groups is 1. The van der Waals surface area contributed by atoms with Gasteiger partial charge in [0.05, 0.1) is 4.92 Å². The molecule has 0 atom stereocenters. The van der Waals surface area contributed by atoms with Crippen LogP contribution in [0.2, 0.25) is 0 Å². The molecule has 0 aliphatic carbocycles. The molecule has 166 valence electrons. The third-order valence-electron chi connectivity index (χ3n) is 4.63. The quantitative estimate of drug-likeness (QED) is 0.207. The fourth-order valence-electron chi connectivity index (χ4n) is 3.03. The number of piperidine rings is 1. The smallest absolute Gasteiger partial charge is 0.407 e. The number of amides is 2. The van der Waals surface area contributed by atoms with Crippen LogP contribution in [0.25, 0.3) is 0 Å². The number of nitro benzene ring substituents is 1. The van der Waals surface area contributed by atoms with Gasteiger partial charge in [-0.05, 0) is 18.9 Å². The number of nitrogens with two attached hydrogens (primary N) is 2. The molecule has 2 rings (SSSR count). The number of ether oxygens (including phenoxy) is 1. The van der Waals surface area contributed by atoms with Crippen molar-refractivity contribution in [2.75, 3.05) is 38.1 Å². The SMILES string of the molecule is NCC=CCNc1c(OCC#CC2CCN(C(=O)O)CC2)cc(C(N)=O)cc1[N+](=O)[O-]. The van der Waals surface area contributed by atoms with Gasteiger partial charge in [0.2, 0.25) is 5.91 Å². The number of nitrogens with zero attached hydrogens (tertiary/aromatic N) is 2. The maximum Gasteiger partial charge on any atom is 0.407 e. The number of rotatable bonds is 8. The molecule has 6 N–H and O–H groups in total. The molecule has 0 radical (unpaired) electrons. The van der Waals surface area contributed by atoms with Crippen LogP contribution in [0, 0.1) is 27.9 Å². The average molecular weight is 431 g/mol. The Morgan fingerprint density at radius 3 is 2.65 bits per heavy atom. The van der Waals surface area contributed by atoms with Crippen molar-refractivity contribution in [1.82, 2.24) is 4.90 Å². The normalized spacial score (nSPS) is 14.0. The molecule has 1 aromatic rings. The van der Waals surface area contributed by atoms with Crippen LogP contribution in [0.15, 0.2) is 24.3 Å². The second kappa shape index (κ2) is 11.4. The number of carbonyl (C=O) groups is 2. The van der Waals surface area contributed by atoms with E-state index in [9.17, 15) is 19.7 Å². The van der Waals surface area contributed by atoms with Crippen LogP contribution in [-0.4, -0.2) is 59.7 Å². The third kappa shape index (κ3) is 6.90. The molecule has 1 aliphatic heterocycles. The lowest BCUT2D eigenvalue weighted by Gasteiger charge is -2.27. The highest BCUT2D eigenvalue weighted by Gasteiger charge is 2.23. The Bertz CT molecular complexity index is 913. The van der Waals surface area contributed by atoms with Crippen LogP contribution in [0.5, 0.6) is 5.75 Å². The number of primary amides is 1. The fourth-order valence-corrected chi connectivity index (χ4v) is 3.03. The van der Waals surface area contributed by atoms with E-state index in [2.05, 4.69) is 17.2 Å². The Balaban J connectivity index is 2.14. The molecular weight excluding hydrogens is 406 g/mol. The van der Waals surface area contributed by atoms with Crippen LogP contribution < -0.4 is 21.5 Å². The van der Waals surface area contributed by atoms with Crippen LogP contribution in [0.4, 0.5) is 16.2 Å². The van der Waals surface area contributed by atoms with E-state index in [0.29, 0.717) is 32.5 Å². The number of hydrogen-bond donors (Lipinski definition) is 4. The van der Waals surface area contributed by atoms with E-state index in [1.54, 1.807) is 12.2 Å². The first-order chi connectivity index (χ1) is 14.8. The van der Waals surface area contributed by atoms with Gasteiger partial charge in [0.15, 0.2) is 11.4 Å². The number of nitrogens with one attached hydrogen (secondary N) is 1. The van der Waals surface area contributed by atoms with E-state index < -0.39 is 16.9 Å². The minimum atomic E-state index is -0.938.